The minimum Gasteiger partial charge on any atom is -0.375 e. The van der Waals surface area contributed by atoms with E-state index >= 15 is 0 Å². The molecular formula is C19H25Cl2N3O2. The maximum absolute atomic E-state index is 12.6. The van der Waals surface area contributed by atoms with Crippen molar-refractivity contribution in [2.24, 2.45) is 0 Å². The molecule has 0 aliphatic heterocycles. The third-order valence-corrected chi connectivity index (χ3v) is 4.37. The molecule has 142 valence electrons. The van der Waals surface area contributed by atoms with Gasteiger partial charge in [0.25, 0.3) is 5.56 Å². The first kappa shape index (κ1) is 22.4. The molecule has 26 heavy (non-hydrogen) atoms. The normalized spacial score (nSPS) is 10.7. The van der Waals surface area contributed by atoms with Crippen LogP contribution in [-0.2, 0) is 11.3 Å². The molecular weight excluding hydrogens is 373 g/mol. The summed E-state index contributed by atoms with van der Waals surface area (Å²) in [7, 11) is 0. The van der Waals surface area contributed by atoms with Crippen molar-refractivity contribution >= 4 is 41.2 Å². The largest absolute Gasteiger partial charge is 0.375 e. The number of rotatable bonds is 7. The lowest BCUT2D eigenvalue weighted by Crippen LogP contribution is -2.27. The highest BCUT2D eigenvalue weighted by atomic mass is 35.5. The summed E-state index contributed by atoms with van der Waals surface area (Å²) < 4.78 is 7.28. The summed E-state index contributed by atoms with van der Waals surface area (Å²) >= 11 is 0. The number of hydrogen-bond acceptors (Lipinski definition) is 4. The minimum atomic E-state index is -0.0615. The number of aromatic nitrogens is 2. The van der Waals surface area contributed by atoms with Crippen LogP contribution >= 0.6 is 24.8 Å². The van der Waals surface area contributed by atoms with Gasteiger partial charge in [0.2, 0.25) is 0 Å². The van der Waals surface area contributed by atoms with Crippen molar-refractivity contribution in [3.63, 3.8) is 0 Å². The summed E-state index contributed by atoms with van der Waals surface area (Å²) in [5.41, 5.74) is 1.21. The van der Waals surface area contributed by atoms with E-state index in [1.54, 1.807) is 16.8 Å². The summed E-state index contributed by atoms with van der Waals surface area (Å²) in [6, 6.07) is 9.88. The molecule has 0 bridgehead atoms. The average molecular weight is 398 g/mol. The van der Waals surface area contributed by atoms with Crippen LogP contribution in [0.15, 0.2) is 47.5 Å². The van der Waals surface area contributed by atoms with Gasteiger partial charge >= 0.3 is 0 Å². The summed E-state index contributed by atoms with van der Waals surface area (Å²) in [5, 5.41) is 2.05. The maximum Gasteiger partial charge on any atom is 0.263 e. The average Bonchev–Trinajstić information content (AvgIpc) is 2.63. The fourth-order valence-corrected chi connectivity index (χ4v) is 2.86. The van der Waals surface area contributed by atoms with E-state index in [0.29, 0.717) is 24.4 Å². The Hall–Kier alpha value is -1.66. The third-order valence-electron chi connectivity index (χ3n) is 4.37. The Bertz CT molecular complexity index is 895. The van der Waals surface area contributed by atoms with Gasteiger partial charge in [-0.1, -0.05) is 38.1 Å². The number of ether oxygens (including phenoxy) is 1. The quantitative estimate of drug-likeness (QED) is 0.451. The molecule has 0 unspecified atom stereocenters. The van der Waals surface area contributed by atoms with Crippen LogP contribution in [0.25, 0.3) is 16.4 Å². The molecule has 0 N–H and O–H groups in total. The highest BCUT2D eigenvalue weighted by molar-refractivity contribution is 5.93. The van der Waals surface area contributed by atoms with Gasteiger partial charge in [-0.3, -0.25) is 9.20 Å². The van der Waals surface area contributed by atoms with E-state index in [-0.39, 0.29) is 30.4 Å². The number of hydrogen-bond donors (Lipinski definition) is 0. The molecule has 3 aromatic rings. The number of fused-ring (bicyclic) bond motifs is 3. The molecule has 0 aliphatic rings. The van der Waals surface area contributed by atoms with Gasteiger partial charge in [0.15, 0.2) is 0 Å². The van der Waals surface area contributed by atoms with Crippen LogP contribution in [0.5, 0.6) is 0 Å². The molecule has 7 heteroatoms. The van der Waals surface area contributed by atoms with Crippen molar-refractivity contribution in [3.05, 3.63) is 58.6 Å². The fraction of sp³-hybridized carbons (Fsp3) is 0.368. The summed E-state index contributed by atoms with van der Waals surface area (Å²) in [6.07, 6.45) is 3.42. The summed E-state index contributed by atoms with van der Waals surface area (Å²) in [6.45, 7) is 8.06. The molecule has 0 saturated heterocycles. The lowest BCUT2D eigenvalue weighted by Gasteiger charge is -2.17. The number of benzene rings is 1. The Morgan fingerprint density at radius 2 is 1.85 bits per heavy atom. The molecule has 2 heterocycles. The van der Waals surface area contributed by atoms with Crippen molar-refractivity contribution in [2.45, 2.75) is 20.5 Å². The minimum absolute atomic E-state index is 0. The lowest BCUT2D eigenvalue weighted by molar-refractivity contribution is 0.0947. The third kappa shape index (κ3) is 4.74. The molecule has 0 fully saturated rings. The van der Waals surface area contributed by atoms with Crippen LogP contribution in [0.3, 0.4) is 0 Å². The van der Waals surface area contributed by atoms with Crippen molar-refractivity contribution in [3.8, 4) is 0 Å². The van der Waals surface area contributed by atoms with E-state index in [9.17, 15) is 4.79 Å². The highest BCUT2D eigenvalue weighted by Crippen LogP contribution is 2.16. The standard InChI is InChI=1S/C19H23N3O2.2ClH/c1-3-21(4-2)11-12-24-14-16-13-20-18-17-8-6-5-7-15(17)9-10-22(18)19(16)23;;/h5-10,13H,3-4,11-12,14H2,1-2H3;2*1H. The van der Waals surface area contributed by atoms with Gasteiger partial charge in [0.05, 0.1) is 18.8 Å². The van der Waals surface area contributed by atoms with Gasteiger partial charge < -0.3 is 9.64 Å². The van der Waals surface area contributed by atoms with Gasteiger partial charge in [-0.25, -0.2) is 4.98 Å². The predicted octanol–water partition coefficient (Wildman–Crippen LogP) is 3.55. The summed E-state index contributed by atoms with van der Waals surface area (Å²) in [5.74, 6) is 0. The molecule has 0 amide bonds. The van der Waals surface area contributed by atoms with Crippen molar-refractivity contribution in [2.75, 3.05) is 26.2 Å². The number of pyridine rings is 1. The topological polar surface area (TPSA) is 46.8 Å². The van der Waals surface area contributed by atoms with E-state index in [1.165, 1.54) is 0 Å². The SMILES string of the molecule is CCN(CC)CCOCc1cnc2c3ccccc3ccn2c1=O.Cl.Cl. The molecule has 0 spiro atoms. The first-order chi connectivity index (χ1) is 11.7. The first-order valence-corrected chi connectivity index (χ1v) is 8.42. The highest BCUT2D eigenvalue weighted by Gasteiger charge is 2.08. The maximum atomic E-state index is 12.6. The van der Waals surface area contributed by atoms with Crippen LogP contribution in [0.4, 0.5) is 0 Å². The van der Waals surface area contributed by atoms with Crippen LogP contribution in [0.2, 0.25) is 0 Å². The molecule has 1 aromatic carbocycles. The predicted molar refractivity (Wildman–Crippen MR) is 111 cm³/mol. The lowest BCUT2D eigenvalue weighted by atomic mass is 10.1. The van der Waals surface area contributed by atoms with Crippen LogP contribution in [0.1, 0.15) is 19.4 Å². The van der Waals surface area contributed by atoms with Gasteiger partial charge in [-0.15, -0.1) is 24.8 Å². The zero-order valence-corrected chi connectivity index (χ0v) is 16.7. The Morgan fingerprint density at radius 3 is 2.58 bits per heavy atom. The van der Waals surface area contributed by atoms with E-state index in [2.05, 4.69) is 23.7 Å². The fourth-order valence-electron chi connectivity index (χ4n) is 2.86. The van der Waals surface area contributed by atoms with Gasteiger partial charge in [-0.2, -0.15) is 0 Å². The van der Waals surface area contributed by atoms with Gasteiger partial charge in [0.1, 0.15) is 5.65 Å². The second-order valence-corrected chi connectivity index (χ2v) is 5.76. The molecule has 0 aliphatic carbocycles. The Morgan fingerprint density at radius 1 is 1.12 bits per heavy atom. The van der Waals surface area contributed by atoms with Crippen LogP contribution in [0, 0.1) is 0 Å². The van der Waals surface area contributed by atoms with Crippen molar-refractivity contribution < 1.29 is 4.74 Å². The van der Waals surface area contributed by atoms with E-state index < -0.39 is 0 Å². The monoisotopic (exact) mass is 397 g/mol. The smallest absolute Gasteiger partial charge is 0.263 e. The Labute approximate surface area is 165 Å². The van der Waals surface area contributed by atoms with Crippen LogP contribution < -0.4 is 5.56 Å². The molecule has 2 aromatic heterocycles. The second kappa shape index (κ2) is 10.5. The zero-order chi connectivity index (χ0) is 16.9. The number of halogens is 2. The summed E-state index contributed by atoms with van der Waals surface area (Å²) in [4.78, 5) is 19.4. The van der Waals surface area contributed by atoms with E-state index in [1.807, 2.05) is 30.3 Å². The number of likely N-dealkylation sites (N-methyl/N-ethyl adjacent to an activating group) is 1. The molecule has 0 radical (unpaired) electrons. The molecule has 3 rings (SSSR count). The molecule has 0 saturated carbocycles. The second-order valence-electron chi connectivity index (χ2n) is 5.76. The van der Waals surface area contributed by atoms with Crippen LogP contribution in [-0.4, -0.2) is 40.5 Å². The van der Waals surface area contributed by atoms with E-state index in [4.69, 9.17) is 4.74 Å². The van der Waals surface area contributed by atoms with Crippen molar-refractivity contribution in [1.29, 1.82) is 0 Å². The van der Waals surface area contributed by atoms with E-state index in [0.717, 1.165) is 30.4 Å². The molecule has 5 nitrogen and oxygen atoms in total. The van der Waals surface area contributed by atoms with Crippen molar-refractivity contribution in [1.82, 2.24) is 14.3 Å². The number of nitrogens with zero attached hydrogens (tertiary/aromatic N) is 3. The van der Waals surface area contributed by atoms with Gasteiger partial charge in [-0.05, 0) is 24.5 Å². The molecule has 0 atom stereocenters. The zero-order valence-electron chi connectivity index (χ0n) is 15.1. The Kier molecular flexibility index (Phi) is 9.02. The Balaban J connectivity index is 0.00000169. The van der Waals surface area contributed by atoms with Gasteiger partial charge in [0, 0.05) is 24.3 Å². The first-order valence-electron chi connectivity index (χ1n) is 8.42.